The van der Waals surface area contributed by atoms with Crippen molar-refractivity contribution < 1.29 is 9.16 Å². The van der Waals surface area contributed by atoms with Crippen LogP contribution < -0.4 is 0 Å². The number of nitrogens with zero attached hydrogens (tertiary/aromatic N) is 1. The Morgan fingerprint density at radius 2 is 1.59 bits per heavy atom. The fourth-order valence-electron chi connectivity index (χ4n) is 3.06. The van der Waals surface area contributed by atoms with E-state index in [1.54, 1.807) is 0 Å². The average Bonchev–Trinajstić information content (AvgIpc) is 2.14. The number of thiocarbonyl (C=S) groups is 1. The molecular weight excluding hydrogens is 310 g/mol. The molecule has 0 bridgehead atoms. The molecule has 1 saturated heterocycles. The molecule has 1 heterocycles. The van der Waals surface area contributed by atoms with Crippen LogP contribution in [0.4, 0.5) is 0 Å². The third-order valence-corrected chi connectivity index (χ3v) is 10.2. The minimum absolute atomic E-state index is 0.201. The summed E-state index contributed by atoms with van der Waals surface area (Å²) in [6, 6.07) is 0. The molecule has 2 aliphatic rings. The Morgan fingerprint density at radius 3 is 2.00 bits per heavy atom. The highest BCUT2D eigenvalue weighted by Gasteiger charge is 2.55. The molecule has 2 rings (SSSR count). The molecule has 128 valence electrons. The van der Waals surface area contributed by atoms with E-state index in [9.17, 15) is 0 Å². The molecular formula is C17H33NO2SSi. The molecule has 0 aromatic heterocycles. The average molecular weight is 344 g/mol. The van der Waals surface area contributed by atoms with E-state index in [1.165, 1.54) is 12.8 Å². The zero-order valence-corrected chi connectivity index (χ0v) is 17.4. The second-order valence-electron chi connectivity index (χ2n) is 9.74. The van der Waals surface area contributed by atoms with Crippen LogP contribution in [-0.2, 0) is 9.16 Å². The standard InChI is InChI=1S/C17H33NO2SSi/c1-15(2,3)19-14(21)18-11-17(12-18)9-13(10-17)20-22(7,8)16(4,5)6/h13H,9-12H2,1-8H3. The number of ether oxygens (including phenoxy) is 1. The monoisotopic (exact) mass is 343 g/mol. The molecule has 0 aromatic carbocycles. The quantitative estimate of drug-likeness (QED) is 0.541. The highest BCUT2D eigenvalue weighted by atomic mass is 32.1. The van der Waals surface area contributed by atoms with Crippen molar-refractivity contribution in [3.8, 4) is 0 Å². The second kappa shape index (κ2) is 5.45. The lowest BCUT2D eigenvalue weighted by Gasteiger charge is -2.60. The zero-order valence-electron chi connectivity index (χ0n) is 15.6. The van der Waals surface area contributed by atoms with Crippen molar-refractivity contribution in [2.45, 2.75) is 84.2 Å². The number of hydrogen-bond acceptors (Lipinski definition) is 3. The minimum atomic E-state index is -1.62. The van der Waals surface area contributed by atoms with E-state index in [2.05, 4.69) is 38.8 Å². The Bertz CT molecular complexity index is 437. The summed E-state index contributed by atoms with van der Waals surface area (Å²) < 4.78 is 12.3. The molecule has 0 aromatic rings. The van der Waals surface area contributed by atoms with Gasteiger partial charge in [0.2, 0.25) is 0 Å². The fourth-order valence-corrected chi connectivity index (χ4v) is 4.79. The molecule has 0 radical (unpaired) electrons. The molecule has 1 aliphatic carbocycles. The minimum Gasteiger partial charge on any atom is -0.465 e. The normalized spacial score (nSPS) is 22.3. The Labute approximate surface area is 142 Å². The molecule has 1 spiro atoms. The number of hydrogen-bond donors (Lipinski definition) is 0. The van der Waals surface area contributed by atoms with Crippen LogP contribution >= 0.6 is 12.2 Å². The van der Waals surface area contributed by atoms with E-state index in [0.29, 0.717) is 21.7 Å². The van der Waals surface area contributed by atoms with Gasteiger partial charge in [0, 0.05) is 24.6 Å². The summed E-state index contributed by atoms with van der Waals surface area (Å²) in [6.45, 7) is 19.8. The summed E-state index contributed by atoms with van der Waals surface area (Å²) in [6.07, 6.45) is 2.84. The fraction of sp³-hybridized carbons (Fsp3) is 0.941. The van der Waals surface area contributed by atoms with Gasteiger partial charge in [0.25, 0.3) is 5.17 Å². The maximum Gasteiger partial charge on any atom is 0.259 e. The largest absolute Gasteiger partial charge is 0.465 e. The van der Waals surface area contributed by atoms with Crippen LogP contribution in [-0.4, -0.2) is 43.2 Å². The van der Waals surface area contributed by atoms with Crippen LogP contribution in [0.5, 0.6) is 0 Å². The smallest absolute Gasteiger partial charge is 0.259 e. The summed E-state index contributed by atoms with van der Waals surface area (Å²) in [4.78, 5) is 2.20. The van der Waals surface area contributed by atoms with Gasteiger partial charge in [-0.15, -0.1) is 0 Å². The first kappa shape index (κ1) is 18.2. The van der Waals surface area contributed by atoms with Gasteiger partial charge in [0.1, 0.15) is 5.60 Å². The van der Waals surface area contributed by atoms with Gasteiger partial charge in [-0.25, -0.2) is 0 Å². The molecule has 1 saturated carbocycles. The Balaban J connectivity index is 1.76. The van der Waals surface area contributed by atoms with Gasteiger partial charge >= 0.3 is 0 Å². The van der Waals surface area contributed by atoms with Crippen molar-refractivity contribution in [1.82, 2.24) is 4.90 Å². The molecule has 0 N–H and O–H groups in total. The van der Waals surface area contributed by atoms with Crippen LogP contribution in [0.2, 0.25) is 18.1 Å². The summed E-state index contributed by atoms with van der Waals surface area (Å²) in [5.41, 5.74) is 0.242. The number of likely N-dealkylation sites (tertiary alicyclic amines) is 1. The second-order valence-corrected chi connectivity index (χ2v) is 14.9. The highest BCUT2D eigenvalue weighted by molar-refractivity contribution is 7.80. The molecule has 5 heteroatoms. The Kier molecular flexibility index (Phi) is 4.51. The summed E-state index contributed by atoms with van der Waals surface area (Å²) in [5, 5.41) is 0.954. The van der Waals surface area contributed by atoms with Gasteiger partial charge in [-0.3, -0.25) is 0 Å². The first-order valence-corrected chi connectivity index (χ1v) is 11.7. The van der Waals surface area contributed by atoms with Gasteiger partial charge < -0.3 is 14.1 Å². The van der Waals surface area contributed by atoms with E-state index in [0.717, 1.165) is 13.1 Å². The molecule has 0 amide bonds. The molecule has 0 atom stereocenters. The maximum absolute atomic E-state index is 6.50. The zero-order chi connectivity index (χ0) is 17.0. The van der Waals surface area contributed by atoms with Crippen molar-refractivity contribution in [2.75, 3.05) is 13.1 Å². The first-order valence-electron chi connectivity index (χ1n) is 8.39. The third kappa shape index (κ3) is 3.85. The predicted octanol–water partition coefficient (Wildman–Crippen LogP) is 4.57. The molecule has 2 fully saturated rings. The van der Waals surface area contributed by atoms with Crippen molar-refractivity contribution >= 4 is 25.7 Å². The van der Waals surface area contributed by atoms with Crippen LogP contribution in [0.25, 0.3) is 0 Å². The summed E-state index contributed by atoms with van der Waals surface area (Å²) in [7, 11) is -1.62. The van der Waals surface area contributed by atoms with E-state index in [-0.39, 0.29) is 5.60 Å². The van der Waals surface area contributed by atoms with Gasteiger partial charge in [-0.1, -0.05) is 20.8 Å². The van der Waals surface area contributed by atoms with E-state index in [1.807, 2.05) is 20.8 Å². The predicted molar refractivity (Wildman–Crippen MR) is 98.7 cm³/mol. The van der Waals surface area contributed by atoms with Crippen LogP contribution in [0.15, 0.2) is 0 Å². The maximum atomic E-state index is 6.50. The molecule has 0 unspecified atom stereocenters. The molecule has 22 heavy (non-hydrogen) atoms. The SMILES string of the molecule is CC(C)(C)OC(=S)N1CC2(CC(O[Si](C)(C)C(C)(C)C)C2)C1. The van der Waals surface area contributed by atoms with Gasteiger partial charge in [-0.05, 0) is 64.0 Å². The van der Waals surface area contributed by atoms with Crippen molar-refractivity contribution in [2.24, 2.45) is 5.41 Å². The summed E-state index contributed by atoms with van der Waals surface area (Å²) >= 11 is 5.40. The lowest BCUT2D eigenvalue weighted by atomic mass is 9.62. The third-order valence-electron chi connectivity index (χ3n) is 5.29. The number of rotatable bonds is 2. The van der Waals surface area contributed by atoms with Crippen molar-refractivity contribution in [3.05, 3.63) is 0 Å². The highest BCUT2D eigenvalue weighted by Crippen LogP contribution is 2.52. The van der Waals surface area contributed by atoms with Gasteiger partial charge in [-0.2, -0.15) is 0 Å². The molecule has 3 nitrogen and oxygen atoms in total. The van der Waals surface area contributed by atoms with Crippen LogP contribution in [0.1, 0.15) is 54.4 Å². The van der Waals surface area contributed by atoms with Crippen molar-refractivity contribution in [1.29, 1.82) is 0 Å². The van der Waals surface area contributed by atoms with Gasteiger partial charge in [0.15, 0.2) is 8.32 Å². The Hall–Kier alpha value is -0.133. The van der Waals surface area contributed by atoms with E-state index < -0.39 is 8.32 Å². The van der Waals surface area contributed by atoms with Gasteiger partial charge in [0.05, 0.1) is 0 Å². The topological polar surface area (TPSA) is 21.7 Å². The lowest BCUT2D eigenvalue weighted by Crippen LogP contribution is -2.66. The lowest BCUT2D eigenvalue weighted by molar-refractivity contribution is -0.106. The van der Waals surface area contributed by atoms with Crippen LogP contribution in [0.3, 0.4) is 0 Å². The molecule has 1 aliphatic heterocycles. The summed E-state index contributed by atoms with van der Waals surface area (Å²) in [5.74, 6) is 0. The Morgan fingerprint density at radius 1 is 1.09 bits per heavy atom. The van der Waals surface area contributed by atoms with Crippen molar-refractivity contribution in [3.63, 3.8) is 0 Å². The van der Waals surface area contributed by atoms with Crippen LogP contribution in [0, 0.1) is 5.41 Å². The van der Waals surface area contributed by atoms with E-state index >= 15 is 0 Å². The van der Waals surface area contributed by atoms with E-state index in [4.69, 9.17) is 21.4 Å². The first-order chi connectivity index (χ1) is 9.73.